The minimum Gasteiger partial charge on any atom is -0.390 e. The van der Waals surface area contributed by atoms with Gasteiger partial charge in [0.25, 0.3) is 0 Å². The van der Waals surface area contributed by atoms with Crippen LogP contribution in [0.1, 0.15) is 32.1 Å². The number of aliphatic hydroxyl groups is 1. The summed E-state index contributed by atoms with van der Waals surface area (Å²) < 4.78 is 6.45. The van der Waals surface area contributed by atoms with E-state index in [9.17, 15) is 9.90 Å². The number of carbonyl (C=O) groups is 1. The van der Waals surface area contributed by atoms with Crippen molar-refractivity contribution in [1.82, 2.24) is 4.90 Å². The van der Waals surface area contributed by atoms with Gasteiger partial charge in [-0.2, -0.15) is 0 Å². The third-order valence-electron chi connectivity index (χ3n) is 6.93. The Kier molecular flexibility index (Phi) is 1.85. The zero-order valence-corrected chi connectivity index (χ0v) is 11.3. The normalized spacial score (nSPS) is 58.8. The van der Waals surface area contributed by atoms with E-state index in [0.717, 1.165) is 6.42 Å². The molecule has 0 aromatic heterocycles. The highest BCUT2D eigenvalue weighted by molar-refractivity contribution is 5.84. The summed E-state index contributed by atoms with van der Waals surface area (Å²) >= 11 is 0. The number of rotatable bonds is 1. The molecule has 19 heavy (non-hydrogen) atoms. The van der Waals surface area contributed by atoms with Crippen molar-refractivity contribution in [2.75, 3.05) is 7.05 Å². The summed E-state index contributed by atoms with van der Waals surface area (Å²) in [5.41, 5.74) is -0.361. The fourth-order valence-corrected chi connectivity index (χ4v) is 6.36. The second-order valence-corrected chi connectivity index (χ2v) is 7.32. The number of ether oxygens (including phenoxy) is 1. The van der Waals surface area contributed by atoms with Gasteiger partial charge in [-0.3, -0.25) is 4.79 Å². The predicted octanol–water partition coefficient (Wildman–Crippen LogP) is 0.987. The van der Waals surface area contributed by atoms with E-state index in [2.05, 4.69) is 0 Å². The van der Waals surface area contributed by atoms with Gasteiger partial charge in [0.15, 0.2) is 0 Å². The maximum Gasteiger partial charge on any atom is 0.228 e. The Morgan fingerprint density at radius 3 is 2.79 bits per heavy atom. The van der Waals surface area contributed by atoms with Crippen molar-refractivity contribution in [2.45, 2.75) is 50.0 Å². The van der Waals surface area contributed by atoms with Crippen LogP contribution >= 0.6 is 0 Å². The molecule has 104 valence electrons. The molecule has 0 aromatic carbocycles. The van der Waals surface area contributed by atoms with Gasteiger partial charge in [-0.05, 0) is 31.1 Å². The minimum absolute atomic E-state index is 0.00222. The highest BCUT2D eigenvalue weighted by atomic mass is 16.6. The predicted molar refractivity (Wildman–Crippen MR) is 66.9 cm³/mol. The van der Waals surface area contributed by atoms with Crippen molar-refractivity contribution in [3.8, 4) is 0 Å². The van der Waals surface area contributed by atoms with Gasteiger partial charge in [0, 0.05) is 18.9 Å². The van der Waals surface area contributed by atoms with Crippen LogP contribution in [0.15, 0.2) is 0 Å². The highest BCUT2D eigenvalue weighted by Gasteiger charge is 2.79. The van der Waals surface area contributed by atoms with Crippen molar-refractivity contribution in [3.63, 3.8) is 0 Å². The molecule has 5 fully saturated rings. The van der Waals surface area contributed by atoms with Gasteiger partial charge in [0.1, 0.15) is 5.72 Å². The molecule has 4 heteroatoms. The molecule has 7 unspecified atom stereocenters. The van der Waals surface area contributed by atoms with Gasteiger partial charge in [-0.25, -0.2) is 0 Å². The number of aliphatic hydroxyl groups excluding tert-OH is 1. The first-order valence-corrected chi connectivity index (χ1v) is 7.80. The number of carbonyl (C=O) groups excluding carboxylic acids is 1. The van der Waals surface area contributed by atoms with Gasteiger partial charge in [0.05, 0.1) is 18.1 Å². The van der Waals surface area contributed by atoms with E-state index in [0.29, 0.717) is 17.8 Å². The maximum absolute atomic E-state index is 12.7. The average molecular weight is 263 g/mol. The molecule has 2 aliphatic heterocycles. The molecule has 0 radical (unpaired) electrons. The monoisotopic (exact) mass is 263 g/mol. The lowest BCUT2D eigenvalue weighted by Gasteiger charge is -2.41. The Labute approximate surface area is 113 Å². The lowest BCUT2D eigenvalue weighted by atomic mass is 9.73. The standard InChI is InChI=1S/C15H21NO3/c1-16-14(18)10-8-6-9-11(10)15(16,7-4-2-3-5-7)19-13(9)12(8)17/h7-13,17H,2-6H2,1H3. The van der Waals surface area contributed by atoms with Crippen LogP contribution in [0.5, 0.6) is 0 Å². The summed E-state index contributed by atoms with van der Waals surface area (Å²) in [6.45, 7) is 0. The zero-order chi connectivity index (χ0) is 12.9. The molecule has 0 spiro atoms. The molecular formula is C15H21NO3. The van der Waals surface area contributed by atoms with Crippen LogP contribution in [0.25, 0.3) is 0 Å². The van der Waals surface area contributed by atoms with E-state index in [1.54, 1.807) is 0 Å². The second-order valence-electron chi connectivity index (χ2n) is 7.32. The van der Waals surface area contributed by atoms with E-state index in [1.165, 1.54) is 25.7 Å². The Morgan fingerprint density at radius 2 is 2.05 bits per heavy atom. The highest BCUT2D eigenvalue weighted by Crippen LogP contribution is 2.69. The van der Waals surface area contributed by atoms with Crippen LogP contribution in [0.4, 0.5) is 0 Å². The molecule has 7 atom stereocenters. The van der Waals surface area contributed by atoms with Gasteiger partial charge < -0.3 is 14.7 Å². The van der Waals surface area contributed by atoms with E-state index < -0.39 is 6.10 Å². The molecule has 2 saturated heterocycles. The zero-order valence-electron chi connectivity index (χ0n) is 11.3. The quantitative estimate of drug-likeness (QED) is 0.767. The molecule has 5 rings (SSSR count). The summed E-state index contributed by atoms with van der Waals surface area (Å²) in [6.07, 6.45) is 5.50. The van der Waals surface area contributed by atoms with Crippen LogP contribution in [-0.4, -0.2) is 40.9 Å². The van der Waals surface area contributed by atoms with Crippen LogP contribution in [0.3, 0.4) is 0 Å². The third-order valence-corrected chi connectivity index (χ3v) is 6.93. The fourth-order valence-electron chi connectivity index (χ4n) is 6.36. The number of hydrogen-bond donors (Lipinski definition) is 1. The van der Waals surface area contributed by atoms with Gasteiger partial charge in [-0.1, -0.05) is 12.8 Å². The van der Waals surface area contributed by atoms with Crippen molar-refractivity contribution >= 4 is 5.91 Å². The van der Waals surface area contributed by atoms with Crippen molar-refractivity contribution in [1.29, 1.82) is 0 Å². The van der Waals surface area contributed by atoms with Crippen LogP contribution in [-0.2, 0) is 9.53 Å². The number of likely N-dealkylation sites (tertiary alicyclic amines) is 1. The van der Waals surface area contributed by atoms with Crippen molar-refractivity contribution in [2.24, 2.45) is 29.6 Å². The number of fused-ring (bicyclic) bond motifs is 2. The summed E-state index contributed by atoms with van der Waals surface area (Å²) in [5, 5.41) is 10.4. The van der Waals surface area contributed by atoms with Crippen LogP contribution in [0, 0.1) is 29.6 Å². The number of nitrogens with zero attached hydrogens (tertiary/aromatic N) is 1. The Balaban J connectivity index is 1.67. The topological polar surface area (TPSA) is 49.8 Å². The molecule has 2 heterocycles. The number of amides is 1. The molecule has 1 amide bonds. The molecule has 3 aliphatic carbocycles. The summed E-state index contributed by atoms with van der Waals surface area (Å²) in [5.74, 6) is 1.74. The Bertz CT molecular complexity index is 460. The lowest BCUT2D eigenvalue weighted by molar-refractivity contribution is -0.190. The Hall–Kier alpha value is -0.610. The smallest absolute Gasteiger partial charge is 0.228 e. The molecule has 0 aromatic rings. The largest absolute Gasteiger partial charge is 0.390 e. The fraction of sp³-hybridized carbons (Fsp3) is 0.933. The first-order chi connectivity index (χ1) is 9.16. The lowest BCUT2D eigenvalue weighted by Crippen LogP contribution is -2.53. The van der Waals surface area contributed by atoms with Crippen LogP contribution in [0.2, 0.25) is 0 Å². The maximum atomic E-state index is 12.7. The molecule has 3 saturated carbocycles. The SMILES string of the molecule is CN1C(=O)C2C3CC4C(OC1(C1CCCC1)C42)C3O. The summed E-state index contributed by atoms with van der Waals surface area (Å²) in [4.78, 5) is 14.6. The molecule has 2 bridgehead atoms. The molecule has 5 aliphatic rings. The summed E-state index contributed by atoms with van der Waals surface area (Å²) in [7, 11) is 1.94. The second kappa shape index (κ2) is 3.17. The van der Waals surface area contributed by atoms with Gasteiger partial charge in [0.2, 0.25) is 5.91 Å². The van der Waals surface area contributed by atoms with E-state index in [1.807, 2.05) is 11.9 Å². The van der Waals surface area contributed by atoms with Crippen LogP contribution < -0.4 is 0 Å². The van der Waals surface area contributed by atoms with E-state index in [4.69, 9.17) is 4.74 Å². The van der Waals surface area contributed by atoms with E-state index >= 15 is 0 Å². The molecule has 1 N–H and O–H groups in total. The summed E-state index contributed by atoms with van der Waals surface area (Å²) in [6, 6.07) is 0. The van der Waals surface area contributed by atoms with Crippen molar-refractivity contribution in [3.05, 3.63) is 0 Å². The Morgan fingerprint density at radius 1 is 1.32 bits per heavy atom. The van der Waals surface area contributed by atoms with E-state index in [-0.39, 0.29) is 29.6 Å². The minimum atomic E-state index is -0.396. The van der Waals surface area contributed by atoms with Gasteiger partial charge in [-0.15, -0.1) is 0 Å². The van der Waals surface area contributed by atoms with Gasteiger partial charge >= 0.3 is 0 Å². The molecule has 4 nitrogen and oxygen atoms in total. The first kappa shape index (κ1) is 11.1. The number of hydrogen-bond acceptors (Lipinski definition) is 3. The van der Waals surface area contributed by atoms with Crippen molar-refractivity contribution < 1.29 is 14.6 Å². The third kappa shape index (κ3) is 0.963. The average Bonchev–Trinajstić information content (AvgIpc) is 3.12. The molecular weight excluding hydrogens is 242 g/mol. The first-order valence-electron chi connectivity index (χ1n) is 7.80.